The summed E-state index contributed by atoms with van der Waals surface area (Å²) >= 11 is 3.55. The number of nitrogens with zero attached hydrogens (tertiary/aromatic N) is 2. The summed E-state index contributed by atoms with van der Waals surface area (Å²) in [6.45, 7) is 9.46. The zero-order chi connectivity index (χ0) is 13.1. The minimum Gasteiger partial charge on any atom is -0.369 e. The van der Waals surface area contributed by atoms with E-state index in [2.05, 4.69) is 57.8 Å². The van der Waals surface area contributed by atoms with Crippen LogP contribution in [0.5, 0.6) is 0 Å². The van der Waals surface area contributed by atoms with Crippen LogP contribution in [0.4, 0.5) is 5.69 Å². The second-order valence-electron chi connectivity index (χ2n) is 5.05. The summed E-state index contributed by atoms with van der Waals surface area (Å²) in [4.78, 5) is 4.94. The second kappa shape index (κ2) is 6.04. The van der Waals surface area contributed by atoms with Gasteiger partial charge in [-0.2, -0.15) is 0 Å². The molecule has 4 heteroatoms. The molecule has 1 saturated heterocycles. The van der Waals surface area contributed by atoms with Gasteiger partial charge in [0.2, 0.25) is 0 Å². The van der Waals surface area contributed by atoms with Crippen molar-refractivity contribution in [2.24, 2.45) is 5.73 Å². The van der Waals surface area contributed by atoms with E-state index in [9.17, 15) is 0 Å². The standard InChI is InChI=1S/C14H22BrN3/c1-11-9-13(3-4-14(11)15)18-8-7-17(6-5-16)12(2)10-18/h3-4,9,12H,5-8,10,16H2,1-2H3. The molecular formula is C14H22BrN3. The Labute approximate surface area is 118 Å². The molecule has 2 N–H and O–H groups in total. The van der Waals surface area contributed by atoms with Gasteiger partial charge in [-0.1, -0.05) is 15.9 Å². The van der Waals surface area contributed by atoms with Crippen molar-refractivity contribution in [3.05, 3.63) is 28.2 Å². The number of anilines is 1. The van der Waals surface area contributed by atoms with E-state index < -0.39 is 0 Å². The highest BCUT2D eigenvalue weighted by Crippen LogP contribution is 2.24. The molecular weight excluding hydrogens is 290 g/mol. The maximum absolute atomic E-state index is 5.64. The number of piperazine rings is 1. The van der Waals surface area contributed by atoms with Gasteiger partial charge in [-0.25, -0.2) is 0 Å². The van der Waals surface area contributed by atoms with Crippen LogP contribution in [0.1, 0.15) is 12.5 Å². The third-order valence-corrected chi connectivity index (χ3v) is 4.58. The fourth-order valence-electron chi connectivity index (χ4n) is 2.55. The van der Waals surface area contributed by atoms with Gasteiger partial charge < -0.3 is 10.6 Å². The van der Waals surface area contributed by atoms with Gasteiger partial charge in [0.05, 0.1) is 0 Å². The number of halogens is 1. The van der Waals surface area contributed by atoms with Crippen LogP contribution < -0.4 is 10.6 Å². The van der Waals surface area contributed by atoms with Gasteiger partial charge in [0, 0.05) is 48.9 Å². The first-order chi connectivity index (χ1) is 8.61. The molecule has 0 aromatic heterocycles. The highest BCUT2D eigenvalue weighted by atomic mass is 79.9. The molecule has 0 aliphatic carbocycles. The Kier molecular flexibility index (Phi) is 4.65. The summed E-state index contributed by atoms with van der Waals surface area (Å²) in [6, 6.07) is 7.17. The van der Waals surface area contributed by atoms with E-state index in [0.717, 1.165) is 32.7 Å². The lowest BCUT2D eigenvalue weighted by molar-refractivity contribution is 0.195. The summed E-state index contributed by atoms with van der Waals surface area (Å²) < 4.78 is 1.18. The molecule has 1 aromatic carbocycles. The zero-order valence-corrected chi connectivity index (χ0v) is 12.8. The van der Waals surface area contributed by atoms with Crippen LogP contribution >= 0.6 is 15.9 Å². The van der Waals surface area contributed by atoms with Crippen molar-refractivity contribution in [3.8, 4) is 0 Å². The smallest absolute Gasteiger partial charge is 0.0370 e. The Morgan fingerprint density at radius 3 is 2.78 bits per heavy atom. The summed E-state index contributed by atoms with van der Waals surface area (Å²) in [5.74, 6) is 0. The summed E-state index contributed by atoms with van der Waals surface area (Å²) in [5, 5.41) is 0. The molecule has 0 bridgehead atoms. The Balaban J connectivity index is 2.05. The molecule has 1 unspecified atom stereocenters. The molecule has 0 spiro atoms. The minimum absolute atomic E-state index is 0.575. The molecule has 2 rings (SSSR count). The highest BCUT2D eigenvalue weighted by Gasteiger charge is 2.23. The summed E-state index contributed by atoms with van der Waals surface area (Å²) in [6.07, 6.45) is 0. The van der Waals surface area contributed by atoms with Crippen molar-refractivity contribution in [2.75, 3.05) is 37.6 Å². The van der Waals surface area contributed by atoms with E-state index in [0.29, 0.717) is 6.04 Å². The quantitative estimate of drug-likeness (QED) is 0.929. The average Bonchev–Trinajstić information content (AvgIpc) is 2.35. The van der Waals surface area contributed by atoms with E-state index >= 15 is 0 Å². The fraction of sp³-hybridized carbons (Fsp3) is 0.571. The monoisotopic (exact) mass is 311 g/mol. The fourth-order valence-corrected chi connectivity index (χ4v) is 2.80. The normalized spacial score (nSPS) is 21.3. The Bertz CT molecular complexity index is 408. The molecule has 18 heavy (non-hydrogen) atoms. The Morgan fingerprint density at radius 2 is 2.17 bits per heavy atom. The average molecular weight is 312 g/mol. The summed E-state index contributed by atoms with van der Waals surface area (Å²) in [7, 11) is 0. The lowest BCUT2D eigenvalue weighted by Gasteiger charge is -2.41. The van der Waals surface area contributed by atoms with Crippen LogP contribution in [-0.2, 0) is 0 Å². The predicted molar refractivity (Wildman–Crippen MR) is 81.2 cm³/mol. The van der Waals surface area contributed by atoms with Gasteiger partial charge in [0.15, 0.2) is 0 Å². The van der Waals surface area contributed by atoms with E-state index in [-0.39, 0.29) is 0 Å². The van der Waals surface area contributed by atoms with E-state index in [4.69, 9.17) is 5.73 Å². The Morgan fingerprint density at radius 1 is 1.39 bits per heavy atom. The van der Waals surface area contributed by atoms with Crippen LogP contribution in [0.2, 0.25) is 0 Å². The van der Waals surface area contributed by atoms with Gasteiger partial charge in [0.25, 0.3) is 0 Å². The van der Waals surface area contributed by atoms with E-state index in [1.807, 2.05) is 0 Å². The number of aryl methyl sites for hydroxylation is 1. The number of rotatable bonds is 3. The predicted octanol–water partition coefficient (Wildman–Crippen LogP) is 2.23. The van der Waals surface area contributed by atoms with Crippen LogP contribution in [0.25, 0.3) is 0 Å². The number of nitrogens with two attached hydrogens (primary N) is 1. The zero-order valence-electron chi connectivity index (χ0n) is 11.2. The van der Waals surface area contributed by atoms with Crippen molar-refractivity contribution in [2.45, 2.75) is 19.9 Å². The summed E-state index contributed by atoms with van der Waals surface area (Å²) in [5.41, 5.74) is 8.27. The number of hydrogen-bond acceptors (Lipinski definition) is 3. The van der Waals surface area contributed by atoms with Crippen LogP contribution in [0.3, 0.4) is 0 Å². The van der Waals surface area contributed by atoms with Gasteiger partial charge in [-0.05, 0) is 37.6 Å². The first-order valence-electron chi connectivity index (χ1n) is 6.57. The molecule has 1 aliphatic heterocycles. The van der Waals surface area contributed by atoms with Gasteiger partial charge in [-0.15, -0.1) is 0 Å². The topological polar surface area (TPSA) is 32.5 Å². The van der Waals surface area contributed by atoms with Gasteiger partial charge in [0.1, 0.15) is 0 Å². The number of hydrogen-bond donors (Lipinski definition) is 1. The second-order valence-corrected chi connectivity index (χ2v) is 5.91. The van der Waals surface area contributed by atoms with Crippen molar-refractivity contribution in [3.63, 3.8) is 0 Å². The molecule has 3 nitrogen and oxygen atoms in total. The SMILES string of the molecule is Cc1cc(N2CCN(CCN)C(C)C2)ccc1Br. The van der Waals surface area contributed by atoms with Crippen molar-refractivity contribution >= 4 is 21.6 Å². The molecule has 1 aromatic rings. The number of benzene rings is 1. The van der Waals surface area contributed by atoms with E-state index in [1.165, 1.54) is 15.7 Å². The van der Waals surface area contributed by atoms with Gasteiger partial charge >= 0.3 is 0 Å². The third-order valence-electron chi connectivity index (χ3n) is 3.69. The molecule has 0 radical (unpaired) electrons. The largest absolute Gasteiger partial charge is 0.369 e. The molecule has 100 valence electrons. The van der Waals surface area contributed by atoms with Crippen molar-refractivity contribution in [1.82, 2.24) is 4.90 Å². The third kappa shape index (κ3) is 3.05. The van der Waals surface area contributed by atoms with Crippen LogP contribution in [-0.4, -0.2) is 43.7 Å². The molecule has 1 aliphatic rings. The molecule has 1 fully saturated rings. The molecule has 0 amide bonds. The first kappa shape index (κ1) is 13.8. The molecule has 1 atom stereocenters. The van der Waals surface area contributed by atoms with Crippen LogP contribution in [0, 0.1) is 6.92 Å². The van der Waals surface area contributed by atoms with Crippen molar-refractivity contribution in [1.29, 1.82) is 0 Å². The lowest BCUT2D eigenvalue weighted by atomic mass is 10.1. The molecule has 0 saturated carbocycles. The minimum atomic E-state index is 0.575. The maximum Gasteiger partial charge on any atom is 0.0370 e. The van der Waals surface area contributed by atoms with Crippen molar-refractivity contribution < 1.29 is 0 Å². The molecule has 1 heterocycles. The Hall–Kier alpha value is -0.580. The first-order valence-corrected chi connectivity index (χ1v) is 7.36. The van der Waals surface area contributed by atoms with E-state index in [1.54, 1.807) is 0 Å². The maximum atomic E-state index is 5.64. The van der Waals surface area contributed by atoms with Crippen LogP contribution in [0.15, 0.2) is 22.7 Å². The van der Waals surface area contributed by atoms with Gasteiger partial charge in [-0.3, -0.25) is 4.90 Å². The lowest BCUT2D eigenvalue weighted by Crippen LogP contribution is -2.53. The highest BCUT2D eigenvalue weighted by molar-refractivity contribution is 9.10.